The van der Waals surface area contributed by atoms with Crippen molar-refractivity contribution in [3.05, 3.63) is 28.7 Å². The van der Waals surface area contributed by atoms with E-state index in [1.807, 2.05) is 0 Å². The minimum Gasteiger partial charge on any atom is -0.252 e. The third-order valence-electron chi connectivity index (χ3n) is 1.18. The number of hydrogen-bond donors (Lipinski definition) is 0. The van der Waals surface area contributed by atoms with E-state index in [0.29, 0.717) is 4.90 Å². The summed E-state index contributed by atoms with van der Waals surface area (Å²) in [5, 5.41) is 0. The van der Waals surface area contributed by atoms with Crippen molar-refractivity contribution in [3.8, 4) is 0 Å². The Kier molecular flexibility index (Phi) is 3.20. The van der Waals surface area contributed by atoms with Crippen molar-refractivity contribution in [3.63, 3.8) is 0 Å². The maximum absolute atomic E-state index is 11.9. The van der Waals surface area contributed by atoms with E-state index in [4.69, 9.17) is 0 Å². The summed E-state index contributed by atoms with van der Waals surface area (Å²) in [6.07, 6.45) is 0. The molecule has 0 saturated heterocycles. The molecule has 0 N–H and O–H groups in total. The fourth-order valence-corrected chi connectivity index (χ4v) is 1.48. The van der Waals surface area contributed by atoms with Crippen LogP contribution in [0, 0.1) is 0 Å². The molecule has 0 bridgehead atoms. The highest BCUT2D eigenvalue weighted by molar-refractivity contribution is 9.10. The van der Waals surface area contributed by atoms with Gasteiger partial charge in [0.25, 0.3) is 0 Å². The molecule has 0 aliphatic rings. The summed E-state index contributed by atoms with van der Waals surface area (Å²) in [7, 11) is -1.49. The van der Waals surface area contributed by atoms with Crippen LogP contribution in [-0.4, -0.2) is 10.2 Å². The Morgan fingerprint density at radius 1 is 1.36 bits per heavy atom. The van der Waals surface area contributed by atoms with Crippen molar-refractivity contribution in [2.45, 2.75) is 4.90 Å². The highest BCUT2D eigenvalue weighted by atomic mass is 79.9. The Hall–Kier alpha value is -0.220. The van der Waals surface area contributed by atoms with Crippen LogP contribution in [0.5, 0.6) is 0 Å². The van der Waals surface area contributed by atoms with Crippen molar-refractivity contribution in [1.82, 2.24) is 0 Å². The Labute approximate surface area is 75.2 Å². The van der Waals surface area contributed by atoms with Crippen LogP contribution in [0.3, 0.4) is 0 Å². The highest BCUT2D eigenvalue weighted by Crippen LogP contribution is 2.13. The zero-order chi connectivity index (χ0) is 8.27. The second kappa shape index (κ2) is 3.97. The van der Waals surface area contributed by atoms with Gasteiger partial charge in [-0.3, -0.25) is 4.21 Å². The number of benzene rings is 1. The van der Waals surface area contributed by atoms with Gasteiger partial charge in [0, 0.05) is 9.37 Å². The summed E-state index contributed by atoms with van der Waals surface area (Å²) < 4.78 is 23.6. The first kappa shape index (κ1) is 8.87. The first-order valence-corrected chi connectivity index (χ1v) is 5.05. The van der Waals surface area contributed by atoms with Gasteiger partial charge in [-0.05, 0) is 24.3 Å². The van der Waals surface area contributed by atoms with Crippen LogP contribution in [0.25, 0.3) is 0 Å². The zero-order valence-electron chi connectivity index (χ0n) is 5.59. The van der Waals surface area contributed by atoms with Crippen molar-refractivity contribution >= 4 is 26.7 Å². The van der Waals surface area contributed by atoms with E-state index in [1.165, 1.54) is 0 Å². The monoisotopic (exact) mass is 236 g/mol. The molecule has 0 fully saturated rings. The van der Waals surface area contributed by atoms with Gasteiger partial charge >= 0.3 is 0 Å². The van der Waals surface area contributed by atoms with Crippen LogP contribution in [0.2, 0.25) is 0 Å². The first-order valence-electron chi connectivity index (χ1n) is 2.94. The second-order valence-corrected chi connectivity index (χ2v) is 4.20. The lowest BCUT2D eigenvalue weighted by Gasteiger charge is -1.95. The van der Waals surface area contributed by atoms with Gasteiger partial charge in [0.15, 0.2) is 6.01 Å². The molecular formula is C7H6BrFOS. The lowest BCUT2D eigenvalue weighted by Crippen LogP contribution is -1.91. The Bertz CT molecular complexity index is 260. The molecule has 0 saturated carbocycles. The SMILES string of the molecule is O=S(CF)c1ccc(Br)cc1. The summed E-state index contributed by atoms with van der Waals surface area (Å²) in [5.74, 6) is 0. The molecule has 1 aromatic carbocycles. The number of alkyl halides is 1. The molecule has 0 spiro atoms. The number of halogens is 2. The summed E-state index contributed by atoms with van der Waals surface area (Å²) in [4.78, 5) is 0.524. The van der Waals surface area contributed by atoms with Crippen molar-refractivity contribution in [2.75, 3.05) is 6.01 Å². The Morgan fingerprint density at radius 2 is 1.91 bits per heavy atom. The molecule has 1 atom stereocenters. The number of rotatable bonds is 2. The molecule has 1 nitrogen and oxygen atoms in total. The minimum atomic E-state index is -1.49. The predicted molar refractivity (Wildman–Crippen MR) is 46.5 cm³/mol. The van der Waals surface area contributed by atoms with E-state index >= 15 is 0 Å². The molecular weight excluding hydrogens is 231 g/mol. The van der Waals surface area contributed by atoms with Crippen molar-refractivity contribution in [1.29, 1.82) is 0 Å². The maximum Gasteiger partial charge on any atom is 0.169 e. The van der Waals surface area contributed by atoms with E-state index in [9.17, 15) is 8.60 Å². The van der Waals surface area contributed by atoms with Gasteiger partial charge in [-0.25, -0.2) is 4.39 Å². The molecule has 0 radical (unpaired) electrons. The van der Waals surface area contributed by atoms with Gasteiger partial charge in [-0.15, -0.1) is 0 Å². The summed E-state index contributed by atoms with van der Waals surface area (Å²) in [6.45, 7) is 0. The molecule has 1 aromatic rings. The van der Waals surface area contributed by atoms with Crippen LogP contribution < -0.4 is 0 Å². The third kappa shape index (κ3) is 2.38. The van der Waals surface area contributed by atoms with Crippen LogP contribution in [0.4, 0.5) is 4.39 Å². The molecule has 11 heavy (non-hydrogen) atoms. The average Bonchev–Trinajstić information content (AvgIpc) is 2.05. The Morgan fingerprint density at radius 3 is 2.36 bits per heavy atom. The molecule has 0 aromatic heterocycles. The topological polar surface area (TPSA) is 17.1 Å². The van der Waals surface area contributed by atoms with Crippen molar-refractivity contribution < 1.29 is 8.60 Å². The summed E-state index contributed by atoms with van der Waals surface area (Å²) in [6, 6.07) is 5.94. The van der Waals surface area contributed by atoms with Gasteiger partial charge in [-0.1, -0.05) is 15.9 Å². The van der Waals surface area contributed by atoms with E-state index < -0.39 is 16.8 Å². The molecule has 0 aliphatic carbocycles. The first-order chi connectivity index (χ1) is 5.24. The van der Waals surface area contributed by atoms with Crippen LogP contribution >= 0.6 is 15.9 Å². The molecule has 0 amide bonds. The van der Waals surface area contributed by atoms with Crippen LogP contribution in [-0.2, 0) is 10.8 Å². The maximum atomic E-state index is 11.9. The molecule has 60 valence electrons. The minimum absolute atomic E-state index is 0.524. The largest absolute Gasteiger partial charge is 0.252 e. The highest BCUT2D eigenvalue weighted by Gasteiger charge is 2.00. The molecule has 1 rings (SSSR count). The molecule has 1 unspecified atom stereocenters. The van der Waals surface area contributed by atoms with Gasteiger partial charge in [0.1, 0.15) is 0 Å². The molecule has 0 aliphatic heterocycles. The number of hydrogen-bond acceptors (Lipinski definition) is 1. The normalized spacial score (nSPS) is 12.9. The van der Waals surface area contributed by atoms with E-state index in [2.05, 4.69) is 15.9 Å². The van der Waals surface area contributed by atoms with E-state index in [0.717, 1.165) is 4.47 Å². The Balaban J connectivity index is 2.90. The summed E-state index contributed by atoms with van der Waals surface area (Å²) in [5.41, 5.74) is 0. The van der Waals surface area contributed by atoms with Gasteiger partial charge in [0.05, 0.1) is 10.8 Å². The van der Waals surface area contributed by atoms with Gasteiger partial charge in [-0.2, -0.15) is 0 Å². The van der Waals surface area contributed by atoms with E-state index in [-0.39, 0.29) is 0 Å². The van der Waals surface area contributed by atoms with Crippen LogP contribution in [0.1, 0.15) is 0 Å². The molecule has 4 heteroatoms. The second-order valence-electron chi connectivity index (χ2n) is 1.91. The predicted octanol–water partition coefficient (Wildman–Crippen LogP) is 2.48. The summed E-state index contributed by atoms with van der Waals surface area (Å²) >= 11 is 3.22. The standard InChI is InChI=1S/C7H6BrFOS/c8-6-1-3-7(4-2-6)11(10)5-9/h1-4H,5H2. The zero-order valence-corrected chi connectivity index (χ0v) is 7.99. The van der Waals surface area contributed by atoms with E-state index in [1.54, 1.807) is 24.3 Å². The average molecular weight is 237 g/mol. The van der Waals surface area contributed by atoms with Crippen molar-refractivity contribution in [2.24, 2.45) is 0 Å². The molecule has 0 heterocycles. The fraction of sp³-hybridized carbons (Fsp3) is 0.143. The lowest BCUT2D eigenvalue weighted by molar-refractivity contribution is 0.580. The van der Waals surface area contributed by atoms with Gasteiger partial charge < -0.3 is 0 Å². The van der Waals surface area contributed by atoms with Gasteiger partial charge in [0.2, 0.25) is 0 Å². The van der Waals surface area contributed by atoms with Crippen LogP contribution in [0.15, 0.2) is 33.6 Å². The quantitative estimate of drug-likeness (QED) is 0.772. The lowest BCUT2D eigenvalue weighted by atomic mass is 10.4. The smallest absolute Gasteiger partial charge is 0.169 e. The third-order valence-corrected chi connectivity index (χ3v) is 2.70. The fourth-order valence-electron chi connectivity index (χ4n) is 0.649.